The van der Waals surface area contributed by atoms with Crippen molar-refractivity contribution in [1.29, 1.82) is 0 Å². The van der Waals surface area contributed by atoms with E-state index in [4.69, 9.17) is 15.2 Å². The highest BCUT2D eigenvalue weighted by atomic mass is 79.9. The predicted molar refractivity (Wildman–Crippen MR) is 152 cm³/mol. The number of benzene rings is 2. The molecular formula is C24H31Br4N3O3. The number of rotatable bonds is 12. The number of amides is 1. The van der Waals surface area contributed by atoms with Crippen LogP contribution in [0, 0.1) is 0 Å². The molecule has 188 valence electrons. The maximum absolute atomic E-state index is 13.3. The van der Waals surface area contributed by atoms with Gasteiger partial charge in [-0.1, -0.05) is 0 Å². The molecule has 0 radical (unpaired) electrons. The van der Waals surface area contributed by atoms with Crippen molar-refractivity contribution in [3.8, 4) is 11.5 Å². The number of halogens is 4. The van der Waals surface area contributed by atoms with Gasteiger partial charge < -0.3 is 20.1 Å². The normalized spacial score (nSPS) is 12.1. The average molecular weight is 729 g/mol. The number of hydrogen-bond donors (Lipinski definition) is 1. The van der Waals surface area contributed by atoms with Crippen molar-refractivity contribution in [2.45, 2.75) is 25.3 Å². The van der Waals surface area contributed by atoms with Crippen molar-refractivity contribution in [3.05, 3.63) is 53.3 Å². The van der Waals surface area contributed by atoms with Crippen LogP contribution in [0.1, 0.15) is 17.5 Å². The van der Waals surface area contributed by atoms with Gasteiger partial charge in [0.15, 0.2) is 0 Å². The van der Waals surface area contributed by atoms with Gasteiger partial charge in [-0.05, 0) is 139 Å². The Bertz CT molecular complexity index is 942. The summed E-state index contributed by atoms with van der Waals surface area (Å²) < 4.78 is 14.7. The number of ether oxygens (including phenoxy) is 2. The van der Waals surface area contributed by atoms with Crippen LogP contribution in [0.2, 0.25) is 0 Å². The van der Waals surface area contributed by atoms with E-state index in [9.17, 15) is 4.79 Å². The van der Waals surface area contributed by atoms with Crippen LogP contribution in [0.4, 0.5) is 0 Å². The van der Waals surface area contributed by atoms with Crippen LogP contribution in [-0.4, -0.2) is 69.7 Å². The van der Waals surface area contributed by atoms with Gasteiger partial charge in [0.25, 0.3) is 0 Å². The Morgan fingerprint density at radius 2 is 1.47 bits per heavy atom. The van der Waals surface area contributed by atoms with Gasteiger partial charge >= 0.3 is 0 Å². The average Bonchev–Trinajstić information content (AvgIpc) is 2.77. The minimum absolute atomic E-state index is 0.0768. The first kappa shape index (κ1) is 29.6. The molecule has 34 heavy (non-hydrogen) atoms. The smallest absolute Gasteiger partial charge is 0.240 e. The lowest BCUT2D eigenvalue weighted by Gasteiger charge is -2.29. The number of carbonyl (C=O) groups is 1. The van der Waals surface area contributed by atoms with E-state index < -0.39 is 0 Å². The molecule has 0 bridgehead atoms. The van der Waals surface area contributed by atoms with E-state index in [2.05, 4.69) is 63.7 Å². The van der Waals surface area contributed by atoms with Crippen molar-refractivity contribution < 1.29 is 14.3 Å². The molecule has 1 atom stereocenters. The molecule has 0 saturated carbocycles. The highest BCUT2D eigenvalue weighted by Gasteiger charge is 2.25. The van der Waals surface area contributed by atoms with Crippen molar-refractivity contribution in [2.24, 2.45) is 5.73 Å². The standard InChI is InChI=1S/C24H31Br4N3O3/c1-30(2)21(14-16-12-17(25)22(33-4)18(26)13-16)24(32)31(3)8-6-15-10-19(27)23(20(28)11-15)34-9-5-7-29/h10-13,21H,5-9,14,29H2,1-4H3. The maximum Gasteiger partial charge on any atom is 0.240 e. The quantitative estimate of drug-likeness (QED) is 0.287. The highest BCUT2D eigenvalue weighted by molar-refractivity contribution is 9.11. The largest absolute Gasteiger partial charge is 0.494 e. The molecule has 2 rings (SSSR count). The van der Waals surface area contributed by atoms with Gasteiger partial charge in [0.05, 0.1) is 37.6 Å². The molecule has 0 saturated heterocycles. The third-order valence-electron chi connectivity index (χ3n) is 5.36. The molecule has 0 aliphatic heterocycles. The number of nitrogens with zero attached hydrogens (tertiary/aromatic N) is 2. The number of methoxy groups -OCH3 is 1. The summed E-state index contributed by atoms with van der Waals surface area (Å²) in [6.45, 7) is 1.76. The number of hydrogen-bond acceptors (Lipinski definition) is 5. The summed E-state index contributed by atoms with van der Waals surface area (Å²) in [5, 5.41) is 0. The summed E-state index contributed by atoms with van der Waals surface area (Å²) in [5.74, 6) is 1.58. The third kappa shape index (κ3) is 8.20. The fourth-order valence-electron chi connectivity index (χ4n) is 3.45. The van der Waals surface area contributed by atoms with Crippen molar-refractivity contribution in [3.63, 3.8) is 0 Å². The Hall–Kier alpha value is -0.650. The van der Waals surface area contributed by atoms with E-state index in [1.165, 1.54) is 0 Å². The van der Waals surface area contributed by atoms with Gasteiger partial charge in [-0.15, -0.1) is 0 Å². The lowest BCUT2D eigenvalue weighted by molar-refractivity contribution is -0.134. The monoisotopic (exact) mass is 725 g/mol. The van der Waals surface area contributed by atoms with Gasteiger partial charge in [0.2, 0.25) is 5.91 Å². The van der Waals surface area contributed by atoms with E-state index in [1.807, 2.05) is 50.3 Å². The fourth-order valence-corrected chi connectivity index (χ4v) is 6.57. The molecule has 6 nitrogen and oxygen atoms in total. The number of carbonyl (C=O) groups excluding carboxylic acids is 1. The Morgan fingerprint density at radius 1 is 0.941 bits per heavy atom. The van der Waals surface area contributed by atoms with Crippen molar-refractivity contribution in [1.82, 2.24) is 9.80 Å². The second-order valence-electron chi connectivity index (χ2n) is 8.17. The molecule has 1 amide bonds. The Morgan fingerprint density at radius 3 is 1.97 bits per heavy atom. The van der Waals surface area contributed by atoms with Crippen molar-refractivity contribution >= 4 is 69.6 Å². The first-order chi connectivity index (χ1) is 16.1. The SMILES string of the molecule is COc1c(Br)cc(CC(C(=O)N(C)CCc2cc(Br)c(OCCCN)c(Br)c2)N(C)C)cc1Br. The van der Waals surface area contributed by atoms with Crippen LogP contribution in [-0.2, 0) is 17.6 Å². The van der Waals surface area contributed by atoms with E-state index in [0.717, 1.165) is 53.4 Å². The zero-order valence-corrected chi connectivity index (χ0v) is 26.2. The van der Waals surface area contributed by atoms with Crippen LogP contribution >= 0.6 is 63.7 Å². The second kappa shape index (κ2) is 14.2. The second-order valence-corrected chi connectivity index (χ2v) is 11.6. The van der Waals surface area contributed by atoms with Gasteiger partial charge in [0, 0.05) is 13.6 Å². The molecule has 0 aromatic heterocycles. The lowest BCUT2D eigenvalue weighted by Crippen LogP contribution is -2.46. The van der Waals surface area contributed by atoms with E-state index in [-0.39, 0.29) is 11.9 Å². The molecule has 0 aliphatic carbocycles. The maximum atomic E-state index is 13.3. The Balaban J connectivity index is 2.07. The molecule has 2 aromatic carbocycles. The zero-order chi connectivity index (χ0) is 25.4. The summed E-state index contributed by atoms with van der Waals surface area (Å²) >= 11 is 14.3. The van der Waals surface area contributed by atoms with Crippen LogP contribution in [0.15, 0.2) is 42.2 Å². The highest BCUT2D eigenvalue weighted by Crippen LogP contribution is 2.36. The van der Waals surface area contributed by atoms with E-state index in [1.54, 1.807) is 12.0 Å². The molecule has 0 spiro atoms. The predicted octanol–water partition coefficient (Wildman–Crippen LogP) is 5.65. The topological polar surface area (TPSA) is 68.0 Å². The summed E-state index contributed by atoms with van der Waals surface area (Å²) in [6.07, 6.45) is 2.11. The fraction of sp³-hybridized carbons (Fsp3) is 0.458. The molecule has 0 aliphatic rings. The third-order valence-corrected chi connectivity index (χ3v) is 7.72. The molecule has 10 heteroatoms. The Labute approximate surface area is 236 Å². The molecule has 0 heterocycles. The summed E-state index contributed by atoms with van der Waals surface area (Å²) in [4.78, 5) is 17.1. The first-order valence-electron chi connectivity index (χ1n) is 10.8. The van der Waals surface area contributed by atoms with Crippen LogP contribution in [0.5, 0.6) is 11.5 Å². The number of nitrogens with two attached hydrogens (primary N) is 1. The van der Waals surface area contributed by atoms with Gasteiger partial charge in [-0.2, -0.15) is 0 Å². The lowest BCUT2D eigenvalue weighted by atomic mass is 10.0. The summed E-state index contributed by atoms with van der Waals surface area (Å²) in [5.41, 5.74) is 7.69. The molecular weight excluding hydrogens is 698 g/mol. The van der Waals surface area contributed by atoms with E-state index in [0.29, 0.717) is 26.1 Å². The van der Waals surface area contributed by atoms with Crippen LogP contribution in [0.25, 0.3) is 0 Å². The zero-order valence-electron chi connectivity index (χ0n) is 19.8. The Kier molecular flexibility index (Phi) is 12.3. The van der Waals surface area contributed by atoms with Crippen molar-refractivity contribution in [2.75, 3.05) is 47.9 Å². The molecule has 1 unspecified atom stereocenters. The van der Waals surface area contributed by atoms with Crippen LogP contribution in [0.3, 0.4) is 0 Å². The first-order valence-corrected chi connectivity index (χ1v) is 14.0. The molecule has 0 fully saturated rings. The molecule has 2 N–H and O–H groups in total. The van der Waals surface area contributed by atoms with E-state index >= 15 is 0 Å². The van der Waals surface area contributed by atoms with Gasteiger partial charge in [-0.3, -0.25) is 9.69 Å². The van der Waals surface area contributed by atoms with Gasteiger partial charge in [0.1, 0.15) is 11.5 Å². The van der Waals surface area contributed by atoms with Gasteiger partial charge in [-0.25, -0.2) is 0 Å². The number of likely N-dealkylation sites (N-methyl/N-ethyl adjacent to an activating group) is 2. The minimum Gasteiger partial charge on any atom is -0.494 e. The summed E-state index contributed by atoms with van der Waals surface area (Å²) in [7, 11) is 7.35. The summed E-state index contributed by atoms with van der Waals surface area (Å²) in [6, 6.07) is 7.79. The van der Waals surface area contributed by atoms with Crippen LogP contribution < -0.4 is 15.2 Å². The minimum atomic E-state index is -0.283. The molecule has 2 aromatic rings.